The van der Waals surface area contributed by atoms with Crippen LogP contribution in [0.15, 0.2) is 73.1 Å². The molecule has 1 atom stereocenters. The molecule has 5 heteroatoms. The molecule has 0 saturated heterocycles. The fourth-order valence-corrected chi connectivity index (χ4v) is 2.67. The maximum Gasteiger partial charge on any atom is 0.232 e. The SMILES string of the molecule is N#Cc1ccc(NC(=O)C(Cc2cccnc2)c2ccc(F)cc2)cc1. The lowest BCUT2D eigenvalue weighted by Crippen LogP contribution is -2.23. The Bertz CT molecular complexity index is 916. The van der Waals surface area contributed by atoms with Crippen molar-refractivity contribution in [3.63, 3.8) is 0 Å². The van der Waals surface area contributed by atoms with Gasteiger partial charge in [-0.3, -0.25) is 9.78 Å². The first-order valence-electron chi connectivity index (χ1n) is 8.11. The van der Waals surface area contributed by atoms with E-state index in [0.717, 1.165) is 11.1 Å². The van der Waals surface area contributed by atoms with Gasteiger partial charge < -0.3 is 5.32 Å². The topological polar surface area (TPSA) is 65.8 Å². The fraction of sp³-hybridized carbons (Fsp3) is 0.0952. The summed E-state index contributed by atoms with van der Waals surface area (Å²) in [6, 6.07) is 18.3. The van der Waals surface area contributed by atoms with Gasteiger partial charge in [0.05, 0.1) is 17.6 Å². The van der Waals surface area contributed by atoms with Crippen molar-refractivity contribution >= 4 is 11.6 Å². The molecule has 1 N–H and O–H groups in total. The molecule has 1 heterocycles. The Morgan fingerprint density at radius 3 is 2.46 bits per heavy atom. The van der Waals surface area contributed by atoms with E-state index >= 15 is 0 Å². The normalized spacial score (nSPS) is 11.4. The third kappa shape index (κ3) is 4.31. The number of halogens is 1. The number of carbonyl (C=O) groups excluding carboxylic acids is 1. The molecule has 1 unspecified atom stereocenters. The van der Waals surface area contributed by atoms with Gasteiger partial charge in [0.25, 0.3) is 0 Å². The standard InChI is InChI=1S/C21H16FN3O/c22-18-7-5-17(6-8-18)20(12-16-2-1-11-24-14-16)21(26)25-19-9-3-15(13-23)4-10-19/h1-11,14,20H,12H2,(H,25,26). The lowest BCUT2D eigenvalue weighted by atomic mass is 9.91. The van der Waals surface area contributed by atoms with Crippen LogP contribution in [0.2, 0.25) is 0 Å². The van der Waals surface area contributed by atoms with Crippen molar-refractivity contribution < 1.29 is 9.18 Å². The molecule has 0 saturated carbocycles. The average Bonchev–Trinajstić information content (AvgIpc) is 2.68. The number of pyridine rings is 1. The summed E-state index contributed by atoms with van der Waals surface area (Å²) < 4.78 is 13.3. The van der Waals surface area contributed by atoms with Crippen molar-refractivity contribution in [3.05, 3.63) is 95.6 Å². The van der Waals surface area contributed by atoms with Crippen molar-refractivity contribution in [2.45, 2.75) is 12.3 Å². The molecule has 0 bridgehead atoms. The molecule has 1 amide bonds. The van der Waals surface area contributed by atoms with Gasteiger partial charge in [-0.2, -0.15) is 5.26 Å². The van der Waals surface area contributed by atoms with E-state index in [1.54, 1.807) is 48.8 Å². The van der Waals surface area contributed by atoms with Crippen molar-refractivity contribution in [3.8, 4) is 6.07 Å². The number of rotatable bonds is 5. The first-order valence-corrected chi connectivity index (χ1v) is 8.11. The Balaban J connectivity index is 1.84. The summed E-state index contributed by atoms with van der Waals surface area (Å²) >= 11 is 0. The van der Waals surface area contributed by atoms with Gasteiger partial charge in [0.1, 0.15) is 5.82 Å². The zero-order chi connectivity index (χ0) is 18.4. The highest BCUT2D eigenvalue weighted by Crippen LogP contribution is 2.23. The second-order valence-electron chi connectivity index (χ2n) is 5.85. The van der Waals surface area contributed by atoms with E-state index in [1.165, 1.54) is 12.1 Å². The third-order valence-electron chi connectivity index (χ3n) is 4.03. The highest BCUT2D eigenvalue weighted by molar-refractivity contribution is 5.96. The monoisotopic (exact) mass is 345 g/mol. The van der Waals surface area contributed by atoms with E-state index in [0.29, 0.717) is 17.7 Å². The Kier molecular flexibility index (Phi) is 5.35. The summed E-state index contributed by atoms with van der Waals surface area (Å²) in [6.07, 6.45) is 3.83. The minimum absolute atomic E-state index is 0.204. The van der Waals surface area contributed by atoms with Gasteiger partial charge in [0.15, 0.2) is 0 Å². The number of nitrogens with zero attached hydrogens (tertiary/aromatic N) is 2. The van der Waals surface area contributed by atoms with Crippen LogP contribution >= 0.6 is 0 Å². The highest BCUT2D eigenvalue weighted by Gasteiger charge is 2.21. The molecule has 2 aromatic carbocycles. The van der Waals surface area contributed by atoms with Gasteiger partial charge in [0, 0.05) is 18.1 Å². The highest BCUT2D eigenvalue weighted by atomic mass is 19.1. The minimum atomic E-state index is -0.490. The lowest BCUT2D eigenvalue weighted by molar-refractivity contribution is -0.117. The summed E-state index contributed by atoms with van der Waals surface area (Å²) in [4.78, 5) is 17.0. The molecule has 1 aromatic heterocycles. The van der Waals surface area contributed by atoms with E-state index in [-0.39, 0.29) is 11.7 Å². The van der Waals surface area contributed by atoms with Crippen LogP contribution in [0.3, 0.4) is 0 Å². The number of benzene rings is 2. The minimum Gasteiger partial charge on any atom is -0.326 e. The maximum atomic E-state index is 13.3. The van der Waals surface area contributed by atoms with E-state index < -0.39 is 5.92 Å². The van der Waals surface area contributed by atoms with Crippen LogP contribution in [0, 0.1) is 17.1 Å². The first-order chi connectivity index (χ1) is 12.7. The largest absolute Gasteiger partial charge is 0.326 e. The van der Waals surface area contributed by atoms with Crippen LogP contribution in [-0.2, 0) is 11.2 Å². The van der Waals surface area contributed by atoms with Crippen LogP contribution in [0.1, 0.15) is 22.6 Å². The van der Waals surface area contributed by atoms with Crippen molar-refractivity contribution in [2.75, 3.05) is 5.32 Å². The number of anilines is 1. The summed E-state index contributed by atoms with van der Waals surface area (Å²) in [5.41, 5.74) is 2.76. The molecule has 3 rings (SSSR count). The Morgan fingerprint density at radius 2 is 1.85 bits per heavy atom. The van der Waals surface area contributed by atoms with E-state index in [9.17, 15) is 9.18 Å². The molecular formula is C21H16FN3O. The maximum absolute atomic E-state index is 13.3. The number of hydrogen-bond acceptors (Lipinski definition) is 3. The molecule has 0 spiro atoms. The molecule has 0 fully saturated rings. The summed E-state index contributed by atoms with van der Waals surface area (Å²) in [5, 5.41) is 11.7. The van der Waals surface area contributed by atoms with E-state index in [1.807, 2.05) is 18.2 Å². The molecule has 0 radical (unpaired) electrons. The number of nitrogens with one attached hydrogen (secondary N) is 1. The van der Waals surface area contributed by atoms with Crippen molar-refractivity contribution in [1.29, 1.82) is 5.26 Å². The second kappa shape index (κ2) is 8.04. The molecule has 0 aliphatic carbocycles. The molecule has 0 aliphatic heterocycles. The zero-order valence-corrected chi connectivity index (χ0v) is 13.9. The predicted molar refractivity (Wildman–Crippen MR) is 96.9 cm³/mol. The van der Waals surface area contributed by atoms with Gasteiger partial charge in [-0.25, -0.2) is 4.39 Å². The van der Waals surface area contributed by atoms with Crippen LogP contribution in [0.4, 0.5) is 10.1 Å². The number of aromatic nitrogens is 1. The average molecular weight is 345 g/mol. The number of hydrogen-bond donors (Lipinski definition) is 1. The number of nitriles is 1. The Hall–Kier alpha value is -3.52. The first kappa shape index (κ1) is 17.3. The number of amides is 1. The molecule has 3 aromatic rings. The molecule has 4 nitrogen and oxygen atoms in total. The Labute approximate surface area is 150 Å². The van der Waals surface area contributed by atoms with E-state index in [2.05, 4.69) is 10.3 Å². The summed E-state index contributed by atoms with van der Waals surface area (Å²) in [5.74, 6) is -1.04. The predicted octanol–water partition coefficient (Wildman–Crippen LogP) is 4.06. The third-order valence-corrected chi connectivity index (χ3v) is 4.03. The van der Waals surface area contributed by atoms with Crippen LogP contribution in [0.25, 0.3) is 0 Å². The quantitative estimate of drug-likeness (QED) is 0.758. The molecule has 26 heavy (non-hydrogen) atoms. The smallest absolute Gasteiger partial charge is 0.232 e. The summed E-state index contributed by atoms with van der Waals surface area (Å²) in [7, 11) is 0. The number of carbonyl (C=O) groups is 1. The van der Waals surface area contributed by atoms with Gasteiger partial charge >= 0.3 is 0 Å². The fourth-order valence-electron chi connectivity index (χ4n) is 2.67. The molecular weight excluding hydrogens is 329 g/mol. The van der Waals surface area contributed by atoms with E-state index in [4.69, 9.17) is 5.26 Å². The van der Waals surface area contributed by atoms with Crippen molar-refractivity contribution in [1.82, 2.24) is 4.98 Å². The Morgan fingerprint density at radius 1 is 1.12 bits per heavy atom. The van der Waals surface area contributed by atoms with Gasteiger partial charge in [-0.15, -0.1) is 0 Å². The lowest BCUT2D eigenvalue weighted by Gasteiger charge is -2.17. The van der Waals surface area contributed by atoms with Gasteiger partial charge in [-0.1, -0.05) is 18.2 Å². The second-order valence-corrected chi connectivity index (χ2v) is 5.85. The molecule has 0 aliphatic rings. The van der Waals surface area contributed by atoms with Crippen LogP contribution in [0.5, 0.6) is 0 Å². The van der Waals surface area contributed by atoms with Gasteiger partial charge in [0.2, 0.25) is 5.91 Å². The van der Waals surface area contributed by atoms with Crippen LogP contribution < -0.4 is 5.32 Å². The van der Waals surface area contributed by atoms with Crippen molar-refractivity contribution in [2.24, 2.45) is 0 Å². The molecule has 128 valence electrons. The summed E-state index contributed by atoms with van der Waals surface area (Å²) in [6.45, 7) is 0. The zero-order valence-electron chi connectivity index (χ0n) is 13.9. The van der Waals surface area contributed by atoms with Crippen LogP contribution in [-0.4, -0.2) is 10.9 Å². The van der Waals surface area contributed by atoms with Gasteiger partial charge in [-0.05, 0) is 60.0 Å².